The number of carbonyl (C=O) groups is 1. The Hall–Kier alpha value is -3.99. The van der Waals surface area contributed by atoms with E-state index >= 15 is 0 Å². The van der Waals surface area contributed by atoms with Gasteiger partial charge >= 0.3 is 0 Å². The number of anilines is 1. The number of aryl methyl sites for hydroxylation is 1. The van der Waals surface area contributed by atoms with Gasteiger partial charge in [0, 0.05) is 12.4 Å². The summed E-state index contributed by atoms with van der Waals surface area (Å²) in [5.74, 6) is 0.245. The Morgan fingerprint density at radius 2 is 1.89 bits per heavy atom. The standard InChI is InChI=1S/C20H17N7O/c1-26-18-7-6-16(8-17(18)11-22-26)9-20(28)24-19-12-23-27(25-19)13-15-4-2-14(10-21)3-5-15/h2-8,11-12H,9,13H2,1H3,(H,24,25,28). The van der Waals surface area contributed by atoms with Gasteiger partial charge in [-0.25, -0.2) is 0 Å². The number of fused-ring (bicyclic) bond motifs is 1. The molecule has 8 nitrogen and oxygen atoms in total. The van der Waals surface area contributed by atoms with Crippen LogP contribution in [0.1, 0.15) is 16.7 Å². The van der Waals surface area contributed by atoms with E-state index in [4.69, 9.17) is 5.26 Å². The molecule has 0 aliphatic carbocycles. The summed E-state index contributed by atoms with van der Waals surface area (Å²) in [5, 5.41) is 25.3. The van der Waals surface area contributed by atoms with Crippen molar-refractivity contribution in [3.05, 3.63) is 71.5 Å². The minimum atomic E-state index is -0.159. The van der Waals surface area contributed by atoms with E-state index in [0.717, 1.165) is 22.0 Å². The van der Waals surface area contributed by atoms with E-state index in [9.17, 15) is 4.79 Å². The highest BCUT2D eigenvalue weighted by Gasteiger charge is 2.09. The van der Waals surface area contributed by atoms with Crippen LogP contribution in [-0.2, 0) is 24.8 Å². The zero-order valence-corrected chi connectivity index (χ0v) is 15.2. The lowest BCUT2D eigenvalue weighted by molar-refractivity contribution is -0.115. The SMILES string of the molecule is Cn1ncc2cc(CC(=O)Nc3cnn(Cc4ccc(C#N)cc4)n3)ccc21. The molecule has 0 radical (unpaired) electrons. The molecule has 2 heterocycles. The van der Waals surface area contributed by atoms with Gasteiger partial charge in [0.05, 0.1) is 42.5 Å². The summed E-state index contributed by atoms with van der Waals surface area (Å²) in [4.78, 5) is 13.8. The van der Waals surface area contributed by atoms with Crippen LogP contribution in [0.2, 0.25) is 0 Å². The lowest BCUT2D eigenvalue weighted by Gasteiger charge is -2.03. The van der Waals surface area contributed by atoms with Crippen LogP contribution < -0.4 is 5.32 Å². The third-order valence-electron chi connectivity index (χ3n) is 4.39. The first-order valence-electron chi connectivity index (χ1n) is 8.70. The zero-order valence-electron chi connectivity index (χ0n) is 15.2. The monoisotopic (exact) mass is 371 g/mol. The second-order valence-corrected chi connectivity index (χ2v) is 6.46. The first-order chi connectivity index (χ1) is 13.6. The van der Waals surface area contributed by atoms with E-state index < -0.39 is 0 Å². The zero-order chi connectivity index (χ0) is 19.5. The highest BCUT2D eigenvalue weighted by molar-refractivity contribution is 5.92. The number of nitriles is 1. The van der Waals surface area contributed by atoms with Gasteiger partial charge in [-0.3, -0.25) is 9.48 Å². The molecule has 0 saturated heterocycles. The Kier molecular flexibility index (Phi) is 4.56. The average molecular weight is 371 g/mol. The molecule has 0 fully saturated rings. The Morgan fingerprint density at radius 3 is 2.68 bits per heavy atom. The minimum absolute atomic E-state index is 0.159. The summed E-state index contributed by atoms with van der Waals surface area (Å²) < 4.78 is 1.80. The van der Waals surface area contributed by atoms with Crippen LogP contribution in [0.25, 0.3) is 10.9 Å². The number of nitrogens with one attached hydrogen (secondary N) is 1. The number of hydrogen-bond donors (Lipinski definition) is 1. The normalized spacial score (nSPS) is 10.7. The number of benzene rings is 2. The number of carbonyl (C=O) groups excluding carboxylic acids is 1. The van der Waals surface area contributed by atoms with Crippen molar-refractivity contribution in [3.63, 3.8) is 0 Å². The topological polar surface area (TPSA) is 101 Å². The highest BCUT2D eigenvalue weighted by Crippen LogP contribution is 2.15. The van der Waals surface area contributed by atoms with Crippen molar-refractivity contribution in [3.8, 4) is 6.07 Å². The number of hydrogen-bond acceptors (Lipinski definition) is 5. The van der Waals surface area contributed by atoms with E-state index in [2.05, 4.69) is 26.7 Å². The predicted octanol–water partition coefficient (Wildman–Crippen LogP) is 2.27. The predicted molar refractivity (Wildman–Crippen MR) is 103 cm³/mol. The molecule has 0 bridgehead atoms. The van der Waals surface area contributed by atoms with Gasteiger partial charge < -0.3 is 5.32 Å². The summed E-state index contributed by atoms with van der Waals surface area (Å²) in [5.41, 5.74) is 3.50. The Bertz CT molecular complexity index is 1180. The third-order valence-corrected chi connectivity index (χ3v) is 4.39. The van der Waals surface area contributed by atoms with Crippen molar-refractivity contribution in [1.82, 2.24) is 24.8 Å². The summed E-state index contributed by atoms with van der Waals surface area (Å²) in [6.45, 7) is 0.458. The second kappa shape index (κ2) is 7.32. The van der Waals surface area contributed by atoms with Gasteiger partial charge in [-0.1, -0.05) is 18.2 Å². The molecule has 0 saturated carbocycles. The molecule has 2 aromatic carbocycles. The van der Waals surface area contributed by atoms with Crippen LogP contribution in [-0.4, -0.2) is 30.7 Å². The Balaban J connectivity index is 1.38. The molecule has 0 aliphatic heterocycles. The van der Waals surface area contributed by atoms with E-state index in [1.54, 1.807) is 23.0 Å². The molecule has 1 amide bonds. The number of amides is 1. The fourth-order valence-corrected chi connectivity index (χ4v) is 2.97. The molecule has 0 unspecified atom stereocenters. The number of nitrogens with zero attached hydrogens (tertiary/aromatic N) is 6. The van der Waals surface area contributed by atoms with Crippen LogP contribution in [0.15, 0.2) is 54.9 Å². The summed E-state index contributed by atoms with van der Waals surface area (Å²) in [6.07, 6.45) is 3.55. The molecule has 0 atom stereocenters. The maximum atomic E-state index is 12.3. The van der Waals surface area contributed by atoms with E-state index in [0.29, 0.717) is 17.9 Å². The lowest BCUT2D eigenvalue weighted by atomic mass is 10.1. The van der Waals surface area contributed by atoms with Crippen LogP contribution in [0.5, 0.6) is 0 Å². The van der Waals surface area contributed by atoms with Crippen LogP contribution >= 0.6 is 0 Å². The van der Waals surface area contributed by atoms with Gasteiger partial charge in [0.2, 0.25) is 5.91 Å². The van der Waals surface area contributed by atoms with Crippen molar-refractivity contribution in [2.75, 3.05) is 5.32 Å². The maximum absolute atomic E-state index is 12.3. The number of aromatic nitrogens is 5. The second-order valence-electron chi connectivity index (χ2n) is 6.46. The van der Waals surface area contributed by atoms with Crippen molar-refractivity contribution in [2.45, 2.75) is 13.0 Å². The van der Waals surface area contributed by atoms with Gasteiger partial charge in [0.25, 0.3) is 0 Å². The third kappa shape index (κ3) is 3.73. The van der Waals surface area contributed by atoms with Crippen LogP contribution in [0, 0.1) is 11.3 Å². The summed E-state index contributed by atoms with van der Waals surface area (Å²) in [7, 11) is 1.88. The van der Waals surface area contributed by atoms with Crippen molar-refractivity contribution < 1.29 is 4.79 Å². The van der Waals surface area contributed by atoms with Crippen LogP contribution in [0.3, 0.4) is 0 Å². The molecule has 2 aromatic heterocycles. The molecule has 4 aromatic rings. The molecule has 138 valence electrons. The number of rotatable bonds is 5. The van der Waals surface area contributed by atoms with E-state index in [-0.39, 0.29) is 12.3 Å². The summed E-state index contributed by atoms with van der Waals surface area (Å²) in [6, 6.07) is 15.1. The minimum Gasteiger partial charge on any atom is -0.308 e. The molecule has 1 N–H and O–H groups in total. The van der Waals surface area contributed by atoms with Gasteiger partial charge in [-0.15, -0.1) is 5.10 Å². The maximum Gasteiger partial charge on any atom is 0.230 e. The van der Waals surface area contributed by atoms with Crippen molar-refractivity contribution in [2.24, 2.45) is 7.05 Å². The lowest BCUT2D eigenvalue weighted by Crippen LogP contribution is -2.15. The molecule has 0 aliphatic rings. The Labute approximate surface area is 161 Å². The van der Waals surface area contributed by atoms with Crippen molar-refractivity contribution in [1.29, 1.82) is 5.26 Å². The highest BCUT2D eigenvalue weighted by atomic mass is 16.1. The smallest absolute Gasteiger partial charge is 0.230 e. The molecular formula is C20H17N7O. The van der Waals surface area contributed by atoms with Gasteiger partial charge in [-0.05, 0) is 35.4 Å². The molecule has 4 rings (SSSR count). The molecular weight excluding hydrogens is 354 g/mol. The first kappa shape index (κ1) is 17.4. The average Bonchev–Trinajstić information content (AvgIpc) is 3.28. The van der Waals surface area contributed by atoms with E-state index in [1.165, 1.54) is 11.0 Å². The fraction of sp³-hybridized carbons (Fsp3) is 0.150. The van der Waals surface area contributed by atoms with Gasteiger partial charge in [-0.2, -0.15) is 20.3 Å². The fourth-order valence-electron chi connectivity index (χ4n) is 2.97. The molecule has 0 spiro atoms. The molecule has 28 heavy (non-hydrogen) atoms. The van der Waals surface area contributed by atoms with Crippen LogP contribution in [0.4, 0.5) is 5.82 Å². The summed E-state index contributed by atoms with van der Waals surface area (Å²) >= 11 is 0. The Morgan fingerprint density at radius 1 is 1.11 bits per heavy atom. The van der Waals surface area contributed by atoms with E-state index in [1.807, 2.05) is 37.4 Å². The van der Waals surface area contributed by atoms with Gasteiger partial charge in [0.1, 0.15) is 0 Å². The van der Waals surface area contributed by atoms with Crippen molar-refractivity contribution >= 4 is 22.6 Å². The quantitative estimate of drug-likeness (QED) is 0.580. The van der Waals surface area contributed by atoms with Gasteiger partial charge in [0.15, 0.2) is 5.82 Å². The largest absolute Gasteiger partial charge is 0.308 e. The molecule has 8 heteroatoms. The first-order valence-corrected chi connectivity index (χ1v) is 8.70.